The van der Waals surface area contributed by atoms with Crippen LogP contribution in [0, 0.1) is 11.3 Å². The van der Waals surface area contributed by atoms with Gasteiger partial charge in [-0.3, -0.25) is 4.99 Å². The van der Waals surface area contributed by atoms with Gasteiger partial charge < -0.3 is 0 Å². The van der Waals surface area contributed by atoms with Gasteiger partial charge in [0.25, 0.3) is 0 Å². The van der Waals surface area contributed by atoms with Crippen LogP contribution < -0.4 is 0 Å². The van der Waals surface area contributed by atoms with E-state index < -0.39 is 5.41 Å². The van der Waals surface area contributed by atoms with Crippen molar-refractivity contribution in [3.8, 4) is 6.07 Å². The van der Waals surface area contributed by atoms with Crippen LogP contribution >= 0.6 is 0 Å². The molecule has 0 aromatic heterocycles. The van der Waals surface area contributed by atoms with Crippen LogP contribution in [0.2, 0.25) is 0 Å². The van der Waals surface area contributed by atoms with Crippen molar-refractivity contribution < 1.29 is 0 Å². The Morgan fingerprint density at radius 1 is 1.38 bits per heavy atom. The summed E-state index contributed by atoms with van der Waals surface area (Å²) in [6.45, 7) is 3.82. The number of benzene rings is 1. The van der Waals surface area contributed by atoms with Crippen molar-refractivity contribution in [2.45, 2.75) is 19.3 Å². The first-order chi connectivity index (χ1) is 6.18. The van der Waals surface area contributed by atoms with E-state index in [1.54, 1.807) is 0 Å². The number of nitrogens with zero attached hydrogens (tertiary/aromatic N) is 2. The second-order valence-corrected chi connectivity index (χ2v) is 3.45. The van der Waals surface area contributed by atoms with Crippen LogP contribution in [-0.4, -0.2) is 5.71 Å². The number of fused-ring (bicyclic) bond motifs is 1. The first-order valence-corrected chi connectivity index (χ1v) is 4.25. The van der Waals surface area contributed by atoms with Gasteiger partial charge in [-0.25, -0.2) is 0 Å². The number of nitriles is 1. The molecule has 0 unspecified atom stereocenters. The van der Waals surface area contributed by atoms with E-state index in [9.17, 15) is 0 Å². The lowest BCUT2D eigenvalue weighted by Gasteiger charge is -2.15. The SMILES string of the molecule is CC1=Nc2ccccc2[C@]1(C)C#N. The monoisotopic (exact) mass is 170 g/mol. The van der Waals surface area contributed by atoms with Crippen LogP contribution in [0.1, 0.15) is 19.4 Å². The molecular weight excluding hydrogens is 160 g/mol. The Labute approximate surface area is 77.5 Å². The average molecular weight is 170 g/mol. The number of aliphatic imine (C=N–C) groups is 1. The summed E-state index contributed by atoms with van der Waals surface area (Å²) < 4.78 is 0. The molecule has 2 heteroatoms. The number of rotatable bonds is 0. The maximum Gasteiger partial charge on any atom is 0.119 e. The molecule has 0 spiro atoms. The molecule has 1 heterocycles. The van der Waals surface area contributed by atoms with Gasteiger partial charge in [-0.1, -0.05) is 18.2 Å². The van der Waals surface area contributed by atoms with E-state index in [2.05, 4.69) is 11.1 Å². The zero-order valence-electron chi connectivity index (χ0n) is 7.70. The quantitative estimate of drug-likeness (QED) is 0.589. The van der Waals surface area contributed by atoms with Crippen LogP contribution in [0.5, 0.6) is 0 Å². The van der Waals surface area contributed by atoms with Gasteiger partial charge in [-0.15, -0.1) is 0 Å². The van der Waals surface area contributed by atoms with Crippen molar-refractivity contribution in [3.05, 3.63) is 29.8 Å². The van der Waals surface area contributed by atoms with Gasteiger partial charge in [-0.2, -0.15) is 5.26 Å². The molecular formula is C11H10N2. The predicted molar refractivity (Wildman–Crippen MR) is 52.2 cm³/mol. The molecule has 13 heavy (non-hydrogen) atoms. The Balaban J connectivity index is 2.70. The third kappa shape index (κ3) is 0.905. The predicted octanol–water partition coefficient (Wildman–Crippen LogP) is 2.57. The van der Waals surface area contributed by atoms with Gasteiger partial charge in [0, 0.05) is 11.3 Å². The molecule has 0 saturated carbocycles. The fourth-order valence-electron chi connectivity index (χ4n) is 1.62. The van der Waals surface area contributed by atoms with E-state index >= 15 is 0 Å². The van der Waals surface area contributed by atoms with Crippen molar-refractivity contribution in [1.29, 1.82) is 5.26 Å². The Kier molecular flexibility index (Phi) is 1.50. The highest BCUT2D eigenvalue weighted by atomic mass is 14.8. The molecule has 0 bridgehead atoms. The van der Waals surface area contributed by atoms with Gasteiger partial charge in [0.05, 0.1) is 11.8 Å². The molecule has 2 rings (SSSR count). The topological polar surface area (TPSA) is 36.1 Å². The van der Waals surface area contributed by atoms with Crippen LogP contribution in [0.25, 0.3) is 0 Å². The third-order valence-corrected chi connectivity index (χ3v) is 2.68. The van der Waals surface area contributed by atoms with Gasteiger partial charge in [0.2, 0.25) is 0 Å². The van der Waals surface area contributed by atoms with Gasteiger partial charge in [0.15, 0.2) is 0 Å². The molecule has 2 nitrogen and oxygen atoms in total. The van der Waals surface area contributed by atoms with Crippen LogP contribution in [0.4, 0.5) is 5.69 Å². The Hall–Kier alpha value is -1.62. The lowest BCUT2D eigenvalue weighted by atomic mass is 9.82. The standard InChI is InChI=1S/C11H10N2/c1-8-11(2,7-12)9-5-3-4-6-10(9)13-8/h3-6H,1-2H3/t11-/m1/s1. The van der Waals surface area contributed by atoms with Gasteiger partial charge >= 0.3 is 0 Å². The molecule has 1 aromatic rings. The fourth-order valence-corrected chi connectivity index (χ4v) is 1.62. The lowest BCUT2D eigenvalue weighted by molar-refractivity contribution is 0.845. The minimum atomic E-state index is -0.517. The Bertz CT molecular complexity index is 426. The summed E-state index contributed by atoms with van der Waals surface area (Å²) in [5, 5.41) is 9.11. The summed E-state index contributed by atoms with van der Waals surface area (Å²) in [5.41, 5.74) is 2.33. The minimum absolute atomic E-state index is 0.517. The third-order valence-electron chi connectivity index (χ3n) is 2.68. The second-order valence-electron chi connectivity index (χ2n) is 3.45. The first kappa shape index (κ1) is 8.00. The maximum atomic E-state index is 9.11. The summed E-state index contributed by atoms with van der Waals surface area (Å²) in [4.78, 5) is 4.37. The van der Waals surface area contributed by atoms with Crippen molar-refractivity contribution >= 4 is 11.4 Å². The van der Waals surface area contributed by atoms with E-state index in [0.717, 1.165) is 17.0 Å². The summed E-state index contributed by atoms with van der Waals surface area (Å²) in [6.07, 6.45) is 0. The molecule has 0 N–H and O–H groups in total. The zero-order valence-corrected chi connectivity index (χ0v) is 7.70. The van der Waals surface area contributed by atoms with Crippen molar-refractivity contribution in [3.63, 3.8) is 0 Å². The van der Waals surface area contributed by atoms with Crippen molar-refractivity contribution in [1.82, 2.24) is 0 Å². The molecule has 0 radical (unpaired) electrons. The molecule has 0 fully saturated rings. The molecule has 64 valence electrons. The highest BCUT2D eigenvalue weighted by Gasteiger charge is 2.36. The summed E-state index contributed by atoms with van der Waals surface area (Å²) >= 11 is 0. The number of hydrogen-bond donors (Lipinski definition) is 0. The van der Waals surface area contributed by atoms with Gasteiger partial charge in [0.1, 0.15) is 5.41 Å². The minimum Gasteiger partial charge on any atom is -0.256 e. The van der Waals surface area contributed by atoms with Crippen molar-refractivity contribution in [2.75, 3.05) is 0 Å². The Morgan fingerprint density at radius 3 is 2.77 bits per heavy atom. The number of para-hydroxylation sites is 1. The van der Waals surface area contributed by atoms with Gasteiger partial charge in [-0.05, 0) is 19.9 Å². The lowest BCUT2D eigenvalue weighted by Crippen LogP contribution is -2.24. The molecule has 0 saturated heterocycles. The summed E-state index contributed by atoms with van der Waals surface area (Å²) in [7, 11) is 0. The summed E-state index contributed by atoms with van der Waals surface area (Å²) in [5.74, 6) is 0. The molecule has 1 aromatic carbocycles. The number of hydrogen-bond acceptors (Lipinski definition) is 2. The molecule has 0 aliphatic carbocycles. The van der Waals surface area contributed by atoms with Crippen LogP contribution in [-0.2, 0) is 5.41 Å². The molecule has 1 atom stereocenters. The van der Waals surface area contributed by atoms with E-state index in [4.69, 9.17) is 5.26 Å². The van der Waals surface area contributed by atoms with E-state index in [1.807, 2.05) is 38.1 Å². The maximum absolute atomic E-state index is 9.11. The molecule has 1 aliphatic rings. The highest BCUT2D eigenvalue weighted by molar-refractivity contribution is 6.02. The van der Waals surface area contributed by atoms with E-state index in [-0.39, 0.29) is 0 Å². The zero-order chi connectivity index (χ0) is 9.47. The summed E-state index contributed by atoms with van der Waals surface area (Å²) in [6, 6.07) is 10.1. The highest BCUT2D eigenvalue weighted by Crippen LogP contribution is 2.39. The first-order valence-electron chi connectivity index (χ1n) is 4.25. The molecule has 1 aliphatic heterocycles. The van der Waals surface area contributed by atoms with E-state index in [0.29, 0.717) is 0 Å². The second kappa shape index (κ2) is 2.43. The average Bonchev–Trinajstić information content (AvgIpc) is 2.41. The normalized spacial score (nSPS) is 24.8. The van der Waals surface area contributed by atoms with Crippen LogP contribution in [0.3, 0.4) is 0 Å². The smallest absolute Gasteiger partial charge is 0.119 e. The Morgan fingerprint density at radius 2 is 2.08 bits per heavy atom. The van der Waals surface area contributed by atoms with Crippen molar-refractivity contribution in [2.24, 2.45) is 4.99 Å². The molecule has 0 amide bonds. The largest absolute Gasteiger partial charge is 0.256 e. The van der Waals surface area contributed by atoms with Crippen LogP contribution in [0.15, 0.2) is 29.3 Å². The fraction of sp³-hybridized carbons (Fsp3) is 0.273. The van der Waals surface area contributed by atoms with E-state index in [1.165, 1.54) is 0 Å².